The summed E-state index contributed by atoms with van der Waals surface area (Å²) in [6, 6.07) is -4.92. The minimum atomic E-state index is -1.45. The maximum Gasteiger partial charge on any atom is 0.325 e. The third-order valence-electron chi connectivity index (χ3n) is 4.60. The lowest BCUT2D eigenvalue weighted by Crippen LogP contribution is -2.59. The molecule has 0 aliphatic rings. The number of rotatable bonds is 14. The number of primary amides is 2. The Morgan fingerprint density at radius 2 is 1.45 bits per heavy atom. The van der Waals surface area contributed by atoms with Crippen LogP contribution in [0.25, 0.3) is 0 Å². The van der Waals surface area contributed by atoms with Crippen LogP contribution in [0.3, 0.4) is 0 Å². The largest absolute Gasteiger partial charge is 0.480 e. The average molecular weight is 444 g/mol. The molecule has 0 bridgehead atoms. The lowest BCUT2D eigenvalue weighted by Gasteiger charge is -2.27. The van der Waals surface area contributed by atoms with Crippen LogP contribution in [0.1, 0.15) is 46.5 Å². The molecule has 0 aromatic heterocycles. The van der Waals surface area contributed by atoms with E-state index in [0.29, 0.717) is 6.42 Å². The van der Waals surface area contributed by atoms with Crippen LogP contribution in [0.15, 0.2) is 0 Å². The number of nitrogens with one attached hydrogen (secondary N) is 3. The van der Waals surface area contributed by atoms with Gasteiger partial charge in [0.25, 0.3) is 0 Å². The lowest BCUT2D eigenvalue weighted by molar-refractivity contribution is -0.142. The molecule has 0 radical (unpaired) electrons. The van der Waals surface area contributed by atoms with Gasteiger partial charge in [-0.05, 0) is 19.3 Å². The van der Waals surface area contributed by atoms with Crippen LogP contribution < -0.4 is 33.2 Å². The number of nitrogens with two attached hydrogens (primary N) is 3. The predicted molar refractivity (Wildman–Crippen MR) is 109 cm³/mol. The average Bonchev–Trinajstić information content (AvgIpc) is 2.67. The molecule has 0 aromatic rings. The zero-order chi connectivity index (χ0) is 24.3. The van der Waals surface area contributed by atoms with E-state index in [1.807, 2.05) is 0 Å². The molecule has 0 rings (SSSR count). The Morgan fingerprint density at radius 1 is 0.871 bits per heavy atom. The van der Waals surface area contributed by atoms with Crippen molar-refractivity contribution in [2.75, 3.05) is 0 Å². The van der Waals surface area contributed by atoms with Gasteiger partial charge in [0.15, 0.2) is 0 Å². The Labute approximate surface area is 179 Å². The van der Waals surface area contributed by atoms with Gasteiger partial charge in [0, 0.05) is 6.42 Å². The third kappa shape index (κ3) is 10.4. The van der Waals surface area contributed by atoms with Crippen molar-refractivity contribution in [2.24, 2.45) is 23.1 Å². The molecule has 5 unspecified atom stereocenters. The number of hydrogen-bond donors (Lipinski definition) is 7. The Morgan fingerprint density at radius 3 is 1.90 bits per heavy atom. The van der Waals surface area contributed by atoms with E-state index >= 15 is 0 Å². The summed E-state index contributed by atoms with van der Waals surface area (Å²) < 4.78 is 0. The first-order chi connectivity index (χ1) is 14.3. The van der Waals surface area contributed by atoms with E-state index in [2.05, 4.69) is 16.0 Å². The molecular formula is C18H32N6O7. The molecule has 13 heteroatoms. The number of carbonyl (C=O) groups is 6. The van der Waals surface area contributed by atoms with Gasteiger partial charge in [0.1, 0.15) is 18.1 Å². The molecule has 13 nitrogen and oxygen atoms in total. The van der Waals surface area contributed by atoms with E-state index in [4.69, 9.17) is 22.3 Å². The van der Waals surface area contributed by atoms with E-state index in [1.54, 1.807) is 13.8 Å². The van der Waals surface area contributed by atoms with Gasteiger partial charge in [-0.25, -0.2) is 0 Å². The molecule has 0 heterocycles. The molecule has 10 N–H and O–H groups in total. The molecule has 5 amide bonds. The highest BCUT2D eigenvalue weighted by atomic mass is 16.4. The summed E-state index contributed by atoms with van der Waals surface area (Å²) in [6.07, 6.45) is -0.242. The fourth-order valence-corrected chi connectivity index (χ4v) is 2.44. The number of carboxylic acid groups (broad SMARTS) is 1. The monoisotopic (exact) mass is 444 g/mol. The maximum absolute atomic E-state index is 12.8. The van der Waals surface area contributed by atoms with E-state index < -0.39 is 66.1 Å². The number of hydrogen-bond acceptors (Lipinski definition) is 7. The molecule has 0 saturated heterocycles. The van der Waals surface area contributed by atoms with E-state index in [9.17, 15) is 28.8 Å². The van der Waals surface area contributed by atoms with Crippen molar-refractivity contribution in [2.45, 2.75) is 70.6 Å². The number of aliphatic carboxylic acids is 1. The van der Waals surface area contributed by atoms with Crippen LogP contribution in [-0.4, -0.2) is 64.8 Å². The fraction of sp³-hybridized carbons (Fsp3) is 0.667. The van der Waals surface area contributed by atoms with Crippen LogP contribution in [-0.2, 0) is 28.8 Å². The van der Waals surface area contributed by atoms with E-state index in [1.165, 1.54) is 6.92 Å². The first-order valence-corrected chi connectivity index (χ1v) is 9.76. The zero-order valence-corrected chi connectivity index (χ0v) is 17.8. The first-order valence-electron chi connectivity index (χ1n) is 9.76. The minimum Gasteiger partial charge on any atom is -0.480 e. The standard InChI is InChI=1S/C18H32N6O7/c1-4-8(2)14(24-15(27)10(19)5-6-12(20)25)17(29)23-11(7-13(21)26)16(28)22-9(3)18(30)31/h8-11,14H,4-7,19H2,1-3H3,(H2,20,25)(H2,21,26)(H,22,28)(H,23,29)(H,24,27)(H,30,31). The second-order valence-corrected chi connectivity index (χ2v) is 7.28. The second kappa shape index (κ2) is 13.2. The Hall–Kier alpha value is -3.22. The molecule has 0 spiro atoms. The topological polar surface area (TPSA) is 237 Å². The van der Waals surface area contributed by atoms with Crippen molar-refractivity contribution < 1.29 is 33.9 Å². The molecule has 0 aliphatic heterocycles. The Bertz CT molecular complexity index is 699. The molecule has 0 fully saturated rings. The van der Waals surface area contributed by atoms with Gasteiger partial charge in [-0.2, -0.15) is 0 Å². The van der Waals surface area contributed by atoms with Crippen LogP contribution in [0.4, 0.5) is 0 Å². The number of carbonyl (C=O) groups excluding carboxylic acids is 5. The Balaban J connectivity index is 5.40. The first kappa shape index (κ1) is 27.8. The summed E-state index contributed by atoms with van der Waals surface area (Å²) in [6.45, 7) is 4.65. The number of carboxylic acids is 1. The van der Waals surface area contributed by atoms with Gasteiger partial charge < -0.3 is 38.3 Å². The third-order valence-corrected chi connectivity index (χ3v) is 4.60. The van der Waals surface area contributed by atoms with E-state index in [0.717, 1.165) is 0 Å². The molecule has 0 saturated carbocycles. The van der Waals surface area contributed by atoms with Crippen LogP contribution in [0.2, 0.25) is 0 Å². The van der Waals surface area contributed by atoms with Gasteiger partial charge in [-0.3, -0.25) is 28.8 Å². The van der Waals surface area contributed by atoms with Crippen molar-refractivity contribution in [3.8, 4) is 0 Å². The summed E-state index contributed by atoms with van der Waals surface area (Å²) in [5.74, 6) is -5.63. The molecule has 0 aromatic carbocycles. The number of amides is 5. The van der Waals surface area contributed by atoms with Gasteiger partial charge in [0.05, 0.1) is 12.5 Å². The van der Waals surface area contributed by atoms with Crippen molar-refractivity contribution in [3.05, 3.63) is 0 Å². The fourth-order valence-electron chi connectivity index (χ4n) is 2.44. The second-order valence-electron chi connectivity index (χ2n) is 7.28. The summed E-state index contributed by atoms with van der Waals surface area (Å²) in [7, 11) is 0. The highest BCUT2D eigenvalue weighted by Gasteiger charge is 2.32. The van der Waals surface area contributed by atoms with Crippen LogP contribution in [0, 0.1) is 5.92 Å². The summed E-state index contributed by atoms with van der Waals surface area (Å²) in [4.78, 5) is 70.6. The minimum absolute atomic E-state index is 0.0181. The lowest BCUT2D eigenvalue weighted by atomic mass is 9.97. The van der Waals surface area contributed by atoms with Crippen LogP contribution in [0.5, 0.6) is 0 Å². The molecule has 5 atom stereocenters. The molecule has 0 aliphatic carbocycles. The Kier molecular flexibility index (Phi) is 11.8. The maximum atomic E-state index is 12.8. The van der Waals surface area contributed by atoms with E-state index in [-0.39, 0.29) is 18.8 Å². The molecule has 176 valence electrons. The smallest absolute Gasteiger partial charge is 0.325 e. The quantitative estimate of drug-likeness (QED) is 0.146. The van der Waals surface area contributed by atoms with Gasteiger partial charge in [-0.15, -0.1) is 0 Å². The summed E-state index contributed by atoms with van der Waals surface area (Å²) in [5, 5.41) is 15.9. The normalized spacial score (nSPS) is 15.5. The van der Waals surface area contributed by atoms with Crippen molar-refractivity contribution >= 4 is 35.5 Å². The zero-order valence-electron chi connectivity index (χ0n) is 17.8. The highest BCUT2D eigenvalue weighted by Crippen LogP contribution is 2.10. The highest BCUT2D eigenvalue weighted by molar-refractivity contribution is 5.96. The van der Waals surface area contributed by atoms with Crippen molar-refractivity contribution in [1.82, 2.24) is 16.0 Å². The van der Waals surface area contributed by atoms with Crippen LogP contribution >= 0.6 is 0 Å². The summed E-state index contributed by atoms with van der Waals surface area (Å²) in [5.41, 5.74) is 15.9. The summed E-state index contributed by atoms with van der Waals surface area (Å²) >= 11 is 0. The SMILES string of the molecule is CCC(C)C(NC(=O)C(N)CCC(N)=O)C(=O)NC(CC(N)=O)C(=O)NC(C)C(=O)O. The molecular weight excluding hydrogens is 412 g/mol. The molecule has 31 heavy (non-hydrogen) atoms. The van der Waals surface area contributed by atoms with Gasteiger partial charge >= 0.3 is 5.97 Å². The van der Waals surface area contributed by atoms with Gasteiger partial charge in [0.2, 0.25) is 29.5 Å². The van der Waals surface area contributed by atoms with Crippen molar-refractivity contribution in [1.29, 1.82) is 0 Å². The van der Waals surface area contributed by atoms with Crippen molar-refractivity contribution in [3.63, 3.8) is 0 Å². The predicted octanol–water partition coefficient (Wildman–Crippen LogP) is -2.94. The van der Waals surface area contributed by atoms with Gasteiger partial charge in [-0.1, -0.05) is 20.3 Å².